The number of rotatable bonds is 4. The van der Waals surface area contributed by atoms with Crippen LogP contribution < -0.4 is 4.84 Å². The van der Waals surface area contributed by atoms with E-state index in [1.165, 1.54) is 0 Å². The first-order chi connectivity index (χ1) is 10.4. The lowest BCUT2D eigenvalue weighted by Gasteiger charge is -2.06. The van der Waals surface area contributed by atoms with E-state index in [-0.39, 0.29) is 0 Å². The molecule has 0 radical (unpaired) electrons. The lowest BCUT2D eigenvalue weighted by atomic mass is 10.1. The number of hydrogen-bond donors (Lipinski definition) is 0. The molecule has 0 bridgehead atoms. The number of pyridine rings is 1. The average Bonchev–Trinajstić information content (AvgIpc) is 2.58. The molecule has 1 heterocycles. The van der Waals surface area contributed by atoms with Gasteiger partial charge < -0.3 is 4.84 Å². The Bertz CT molecular complexity index is 668. The Balaban J connectivity index is 1.97. The third kappa shape index (κ3) is 3.34. The first-order valence-electron chi connectivity index (χ1n) is 6.70. The minimum atomic E-state index is 0.696. The molecule has 0 spiro atoms. The molecule has 0 amide bonds. The van der Waals surface area contributed by atoms with Crippen molar-refractivity contribution in [3.8, 4) is 5.75 Å². The summed E-state index contributed by atoms with van der Waals surface area (Å²) in [6.45, 7) is 0. The topological polar surface area (TPSA) is 34.5 Å². The van der Waals surface area contributed by atoms with Crippen LogP contribution in [-0.4, -0.2) is 10.7 Å². The van der Waals surface area contributed by atoms with Crippen LogP contribution in [0.2, 0.25) is 0 Å². The van der Waals surface area contributed by atoms with Gasteiger partial charge in [0.25, 0.3) is 0 Å². The lowest BCUT2D eigenvalue weighted by molar-refractivity contribution is 0.342. The molecule has 102 valence electrons. The molecular weight excluding hydrogens is 260 g/mol. The number of hydrogen-bond acceptors (Lipinski definition) is 3. The molecule has 0 unspecified atom stereocenters. The molecular formula is C18H14N2O. The zero-order chi connectivity index (χ0) is 14.3. The van der Waals surface area contributed by atoms with Crippen molar-refractivity contribution in [1.29, 1.82) is 0 Å². The van der Waals surface area contributed by atoms with Gasteiger partial charge in [-0.1, -0.05) is 59.8 Å². The van der Waals surface area contributed by atoms with E-state index in [1.807, 2.05) is 78.9 Å². The normalized spacial score (nSPS) is 11.1. The van der Waals surface area contributed by atoms with Crippen LogP contribution in [0.4, 0.5) is 0 Å². The molecule has 0 saturated carbocycles. The summed E-state index contributed by atoms with van der Waals surface area (Å²) in [6, 6.07) is 25.1. The molecule has 3 rings (SSSR count). The van der Waals surface area contributed by atoms with Crippen LogP contribution in [0.1, 0.15) is 11.3 Å². The van der Waals surface area contributed by atoms with Crippen molar-refractivity contribution in [2.24, 2.45) is 5.16 Å². The van der Waals surface area contributed by atoms with Crippen molar-refractivity contribution < 1.29 is 4.84 Å². The molecule has 0 saturated heterocycles. The molecule has 0 N–H and O–H groups in total. The summed E-state index contributed by atoms with van der Waals surface area (Å²) in [6.07, 6.45) is 1.75. The highest BCUT2D eigenvalue weighted by atomic mass is 16.6. The molecule has 1 aromatic heterocycles. The van der Waals surface area contributed by atoms with Gasteiger partial charge in [-0.25, -0.2) is 0 Å². The van der Waals surface area contributed by atoms with Crippen LogP contribution in [0.15, 0.2) is 90.2 Å². The van der Waals surface area contributed by atoms with E-state index < -0.39 is 0 Å². The fourth-order valence-corrected chi connectivity index (χ4v) is 1.93. The van der Waals surface area contributed by atoms with Crippen molar-refractivity contribution >= 4 is 5.71 Å². The molecule has 3 aromatic rings. The predicted molar refractivity (Wildman–Crippen MR) is 83.4 cm³/mol. The van der Waals surface area contributed by atoms with E-state index >= 15 is 0 Å². The second-order valence-corrected chi connectivity index (χ2v) is 4.43. The Morgan fingerprint density at radius 2 is 1.43 bits per heavy atom. The second-order valence-electron chi connectivity index (χ2n) is 4.43. The minimum Gasteiger partial charge on any atom is -0.356 e. The average molecular weight is 274 g/mol. The summed E-state index contributed by atoms with van der Waals surface area (Å²) in [5, 5.41) is 4.29. The first-order valence-corrected chi connectivity index (χ1v) is 6.70. The Labute approximate surface area is 123 Å². The Hall–Kier alpha value is -2.94. The van der Waals surface area contributed by atoms with Gasteiger partial charge >= 0.3 is 0 Å². The first kappa shape index (κ1) is 13.1. The molecule has 0 atom stereocenters. The summed E-state index contributed by atoms with van der Waals surface area (Å²) in [7, 11) is 0. The molecule has 0 aliphatic heterocycles. The molecule has 0 aliphatic carbocycles. The largest absolute Gasteiger partial charge is 0.356 e. The van der Waals surface area contributed by atoms with Crippen LogP contribution in [0.5, 0.6) is 5.75 Å². The van der Waals surface area contributed by atoms with Crippen LogP contribution in [0.25, 0.3) is 0 Å². The highest BCUT2D eigenvalue weighted by Gasteiger charge is 2.08. The van der Waals surface area contributed by atoms with Crippen molar-refractivity contribution in [1.82, 2.24) is 4.98 Å². The van der Waals surface area contributed by atoms with Gasteiger partial charge in [0.15, 0.2) is 5.75 Å². The predicted octanol–water partition coefficient (Wildman–Crippen LogP) is 3.91. The highest BCUT2D eigenvalue weighted by Crippen LogP contribution is 2.13. The third-order valence-electron chi connectivity index (χ3n) is 2.94. The zero-order valence-electron chi connectivity index (χ0n) is 11.4. The second kappa shape index (κ2) is 6.48. The molecule has 3 heteroatoms. The Morgan fingerprint density at radius 1 is 0.762 bits per heavy atom. The van der Waals surface area contributed by atoms with E-state index in [4.69, 9.17) is 4.84 Å². The minimum absolute atomic E-state index is 0.696. The fraction of sp³-hybridized carbons (Fsp3) is 0. The highest BCUT2D eigenvalue weighted by molar-refractivity contribution is 6.11. The Kier molecular flexibility index (Phi) is 4.03. The van der Waals surface area contributed by atoms with E-state index in [9.17, 15) is 0 Å². The van der Waals surface area contributed by atoms with Crippen molar-refractivity contribution in [3.63, 3.8) is 0 Å². The summed E-state index contributed by atoms with van der Waals surface area (Å²) in [5.41, 5.74) is 2.45. The SMILES string of the molecule is c1ccc(O/N=C(\c2ccccc2)c2ccccn2)cc1. The van der Waals surface area contributed by atoms with Gasteiger partial charge in [-0.2, -0.15) is 0 Å². The van der Waals surface area contributed by atoms with E-state index in [0.717, 1.165) is 11.3 Å². The standard InChI is InChI=1S/C18H14N2O/c1-3-9-15(10-4-1)18(17-13-7-8-14-19-17)20-21-16-11-5-2-6-12-16/h1-14H/b20-18+. The maximum Gasteiger partial charge on any atom is 0.157 e. The number of aromatic nitrogens is 1. The molecule has 2 aromatic carbocycles. The summed E-state index contributed by atoms with van der Waals surface area (Å²) in [4.78, 5) is 9.88. The van der Waals surface area contributed by atoms with Crippen molar-refractivity contribution in [2.45, 2.75) is 0 Å². The van der Waals surface area contributed by atoms with Gasteiger partial charge in [0.05, 0.1) is 5.69 Å². The lowest BCUT2D eigenvalue weighted by Crippen LogP contribution is -2.07. The summed E-state index contributed by atoms with van der Waals surface area (Å²) < 4.78 is 0. The number of nitrogens with zero attached hydrogens (tertiary/aromatic N) is 2. The Morgan fingerprint density at radius 3 is 2.10 bits per heavy atom. The van der Waals surface area contributed by atoms with E-state index in [2.05, 4.69) is 10.1 Å². The monoisotopic (exact) mass is 274 g/mol. The molecule has 3 nitrogen and oxygen atoms in total. The van der Waals surface area contributed by atoms with Gasteiger partial charge in [0.2, 0.25) is 0 Å². The molecule has 0 fully saturated rings. The van der Waals surface area contributed by atoms with Crippen LogP contribution in [0, 0.1) is 0 Å². The van der Waals surface area contributed by atoms with Gasteiger partial charge in [-0.05, 0) is 24.3 Å². The van der Waals surface area contributed by atoms with Gasteiger partial charge in [-0.3, -0.25) is 4.98 Å². The zero-order valence-corrected chi connectivity index (χ0v) is 11.4. The summed E-state index contributed by atoms with van der Waals surface area (Å²) >= 11 is 0. The van der Waals surface area contributed by atoms with Crippen LogP contribution in [-0.2, 0) is 0 Å². The maximum absolute atomic E-state index is 5.52. The quantitative estimate of drug-likeness (QED) is 0.534. The number of oxime groups is 1. The molecule has 0 aliphatic rings. The van der Waals surface area contributed by atoms with Gasteiger partial charge in [-0.15, -0.1) is 0 Å². The van der Waals surface area contributed by atoms with E-state index in [1.54, 1.807) is 6.20 Å². The van der Waals surface area contributed by atoms with Crippen LogP contribution >= 0.6 is 0 Å². The molecule has 21 heavy (non-hydrogen) atoms. The number of para-hydroxylation sites is 1. The fourth-order valence-electron chi connectivity index (χ4n) is 1.93. The van der Waals surface area contributed by atoms with Crippen molar-refractivity contribution in [3.05, 3.63) is 96.3 Å². The van der Waals surface area contributed by atoms with Crippen molar-refractivity contribution in [2.75, 3.05) is 0 Å². The maximum atomic E-state index is 5.52. The third-order valence-corrected chi connectivity index (χ3v) is 2.94. The van der Waals surface area contributed by atoms with E-state index in [0.29, 0.717) is 11.5 Å². The van der Waals surface area contributed by atoms with Gasteiger partial charge in [0, 0.05) is 11.8 Å². The summed E-state index contributed by atoms with van der Waals surface area (Å²) in [5.74, 6) is 0.696. The van der Waals surface area contributed by atoms with Crippen LogP contribution in [0.3, 0.4) is 0 Å². The number of benzene rings is 2. The van der Waals surface area contributed by atoms with Gasteiger partial charge in [0.1, 0.15) is 5.71 Å². The smallest absolute Gasteiger partial charge is 0.157 e.